The lowest BCUT2D eigenvalue weighted by Crippen LogP contribution is -2.36. The quantitative estimate of drug-likeness (QED) is 0.653. The number of carbonyl (C=O) groups excluding carboxylic acids is 2. The van der Waals surface area contributed by atoms with Crippen LogP contribution >= 0.6 is 0 Å². The molecule has 1 aliphatic rings. The molecule has 1 aliphatic carbocycles. The van der Waals surface area contributed by atoms with Crippen LogP contribution in [-0.4, -0.2) is 11.8 Å². The van der Waals surface area contributed by atoms with Crippen molar-refractivity contribution in [3.05, 3.63) is 59.4 Å². The summed E-state index contributed by atoms with van der Waals surface area (Å²) in [6.45, 7) is 1.86. The Morgan fingerprint density at radius 2 is 1.64 bits per heavy atom. The third-order valence-electron chi connectivity index (χ3n) is 4.18. The first kappa shape index (κ1) is 17.0. The maximum absolute atomic E-state index is 13.7. The lowest BCUT2D eigenvalue weighted by Gasteiger charge is -2.16. The molecular formula is C18H15F3N2O2. The molecule has 0 atom stereocenters. The second kappa shape index (κ2) is 6.23. The molecule has 1 fully saturated rings. The van der Waals surface area contributed by atoms with Crippen molar-refractivity contribution in [2.75, 3.05) is 10.6 Å². The van der Waals surface area contributed by atoms with Crippen LogP contribution in [-0.2, 0) is 9.59 Å². The fourth-order valence-corrected chi connectivity index (χ4v) is 2.52. The summed E-state index contributed by atoms with van der Waals surface area (Å²) in [5, 5.41) is 4.84. The second-order valence-corrected chi connectivity index (χ2v) is 6.08. The first-order valence-electron chi connectivity index (χ1n) is 7.66. The van der Waals surface area contributed by atoms with E-state index in [4.69, 9.17) is 0 Å². The van der Waals surface area contributed by atoms with E-state index in [-0.39, 0.29) is 0 Å². The van der Waals surface area contributed by atoms with Gasteiger partial charge in [-0.05, 0) is 49.6 Å². The Labute approximate surface area is 142 Å². The first-order valence-corrected chi connectivity index (χ1v) is 7.66. The number of hydrogen-bond donors (Lipinski definition) is 2. The molecule has 0 radical (unpaired) electrons. The summed E-state index contributed by atoms with van der Waals surface area (Å²) in [5.41, 5.74) is -0.348. The van der Waals surface area contributed by atoms with E-state index in [1.165, 1.54) is 0 Å². The number of carbonyl (C=O) groups is 2. The van der Waals surface area contributed by atoms with Crippen LogP contribution in [0, 0.1) is 29.8 Å². The molecule has 0 unspecified atom stereocenters. The van der Waals surface area contributed by atoms with Crippen molar-refractivity contribution >= 4 is 23.2 Å². The number of nitrogens with one attached hydrogen (secondary N) is 2. The molecule has 0 aliphatic heterocycles. The maximum Gasteiger partial charge on any atom is 0.240 e. The number of anilines is 2. The van der Waals surface area contributed by atoms with E-state index in [0.717, 1.165) is 11.6 Å². The topological polar surface area (TPSA) is 58.2 Å². The van der Waals surface area contributed by atoms with Crippen molar-refractivity contribution in [3.8, 4) is 0 Å². The van der Waals surface area contributed by atoms with Gasteiger partial charge in [0, 0.05) is 5.69 Å². The van der Waals surface area contributed by atoms with Gasteiger partial charge in [-0.25, -0.2) is 13.2 Å². The molecule has 0 aromatic heterocycles. The first-order chi connectivity index (χ1) is 11.8. The van der Waals surface area contributed by atoms with E-state index in [1.54, 1.807) is 18.2 Å². The summed E-state index contributed by atoms with van der Waals surface area (Å²) in [5.74, 6) is -5.79. The van der Waals surface area contributed by atoms with Gasteiger partial charge in [-0.3, -0.25) is 9.59 Å². The van der Waals surface area contributed by atoms with Gasteiger partial charge >= 0.3 is 0 Å². The Morgan fingerprint density at radius 3 is 2.28 bits per heavy atom. The molecule has 2 aromatic carbocycles. The lowest BCUT2D eigenvalue weighted by molar-refractivity contribution is -0.131. The molecule has 2 amide bonds. The monoisotopic (exact) mass is 348 g/mol. The molecule has 7 heteroatoms. The van der Waals surface area contributed by atoms with Crippen LogP contribution in [0.25, 0.3) is 0 Å². The van der Waals surface area contributed by atoms with Gasteiger partial charge in [-0.2, -0.15) is 0 Å². The van der Waals surface area contributed by atoms with Gasteiger partial charge in [0.15, 0.2) is 17.5 Å². The summed E-state index contributed by atoms with van der Waals surface area (Å²) < 4.78 is 39.9. The van der Waals surface area contributed by atoms with E-state index in [2.05, 4.69) is 10.6 Å². The Hall–Kier alpha value is -2.83. The fourth-order valence-electron chi connectivity index (χ4n) is 2.52. The zero-order valence-corrected chi connectivity index (χ0v) is 13.3. The molecule has 0 bridgehead atoms. The minimum atomic E-state index is -1.67. The summed E-state index contributed by atoms with van der Waals surface area (Å²) >= 11 is 0. The van der Waals surface area contributed by atoms with E-state index >= 15 is 0 Å². The number of amides is 2. The molecule has 2 N–H and O–H groups in total. The van der Waals surface area contributed by atoms with Crippen LogP contribution in [0.15, 0.2) is 36.4 Å². The van der Waals surface area contributed by atoms with Crippen molar-refractivity contribution in [1.29, 1.82) is 0 Å². The average Bonchev–Trinajstić information content (AvgIpc) is 3.37. The van der Waals surface area contributed by atoms with Crippen LogP contribution in [0.5, 0.6) is 0 Å². The van der Waals surface area contributed by atoms with Crippen molar-refractivity contribution in [3.63, 3.8) is 0 Å². The minimum Gasteiger partial charge on any atom is -0.325 e. The van der Waals surface area contributed by atoms with E-state index < -0.39 is 40.4 Å². The fraction of sp³-hybridized carbons (Fsp3) is 0.222. The van der Waals surface area contributed by atoms with Gasteiger partial charge in [0.25, 0.3) is 0 Å². The Bertz CT molecular complexity index is 863. The zero-order chi connectivity index (χ0) is 18.2. The van der Waals surface area contributed by atoms with Crippen molar-refractivity contribution in [2.24, 2.45) is 5.41 Å². The third-order valence-corrected chi connectivity index (χ3v) is 4.18. The van der Waals surface area contributed by atoms with Crippen LogP contribution in [0.3, 0.4) is 0 Å². The normalized spacial score (nSPS) is 14.7. The molecule has 4 nitrogen and oxygen atoms in total. The zero-order valence-electron chi connectivity index (χ0n) is 13.3. The van der Waals surface area contributed by atoms with Crippen LogP contribution in [0.4, 0.5) is 24.5 Å². The number of benzene rings is 2. The van der Waals surface area contributed by atoms with Gasteiger partial charge in [-0.15, -0.1) is 0 Å². The summed E-state index contributed by atoms with van der Waals surface area (Å²) in [4.78, 5) is 24.8. The second-order valence-electron chi connectivity index (χ2n) is 6.08. The molecule has 130 valence electrons. The van der Waals surface area contributed by atoms with Gasteiger partial charge in [0.05, 0.1) is 5.69 Å². The third kappa shape index (κ3) is 3.22. The molecule has 25 heavy (non-hydrogen) atoms. The number of aryl methyl sites for hydroxylation is 1. The maximum atomic E-state index is 13.7. The molecule has 0 spiro atoms. The van der Waals surface area contributed by atoms with E-state index in [9.17, 15) is 22.8 Å². The highest BCUT2D eigenvalue weighted by Crippen LogP contribution is 2.47. The van der Waals surface area contributed by atoms with Crippen molar-refractivity contribution < 1.29 is 22.8 Å². The number of rotatable bonds is 4. The van der Waals surface area contributed by atoms with Crippen molar-refractivity contribution in [2.45, 2.75) is 19.8 Å². The predicted molar refractivity (Wildman–Crippen MR) is 86.4 cm³/mol. The molecule has 0 heterocycles. The Morgan fingerprint density at radius 1 is 0.960 bits per heavy atom. The van der Waals surface area contributed by atoms with Crippen molar-refractivity contribution in [1.82, 2.24) is 0 Å². The molecule has 2 aromatic rings. The van der Waals surface area contributed by atoms with Gasteiger partial charge in [-0.1, -0.05) is 12.1 Å². The van der Waals surface area contributed by atoms with Crippen LogP contribution in [0.2, 0.25) is 0 Å². The SMILES string of the molecule is Cc1cccc(NC(=O)C2(C(=O)Nc3ccc(F)c(F)c3F)CC2)c1. The van der Waals surface area contributed by atoms with Crippen LogP contribution < -0.4 is 10.6 Å². The number of hydrogen-bond acceptors (Lipinski definition) is 2. The Balaban J connectivity index is 1.75. The molecule has 1 saturated carbocycles. The lowest BCUT2D eigenvalue weighted by atomic mass is 10.0. The van der Waals surface area contributed by atoms with Gasteiger partial charge < -0.3 is 10.6 Å². The van der Waals surface area contributed by atoms with E-state index in [0.29, 0.717) is 24.6 Å². The number of halogens is 3. The van der Waals surface area contributed by atoms with Crippen LogP contribution in [0.1, 0.15) is 18.4 Å². The van der Waals surface area contributed by atoms with E-state index in [1.807, 2.05) is 13.0 Å². The largest absolute Gasteiger partial charge is 0.325 e. The summed E-state index contributed by atoms with van der Waals surface area (Å²) in [6, 6.07) is 8.69. The highest BCUT2D eigenvalue weighted by Gasteiger charge is 2.56. The van der Waals surface area contributed by atoms with Gasteiger partial charge in [0.1, 0.15) is 5.41 Å². The summed E-state index contributed by atoms with van der Waals surface area (Å²) in [6.07, 6.45) is 0.587. The standard InChI is InChI=1S/C18H15F3N2O2/c1-10-3-2-4-11(9-10)22-16(24)18(7-8-18)17(25)23-13-6-5-12(19)14(20)15(13)21/h2-6,9H,7-8H2,1H3,(H,22,24)(H,23,25). The molecule has 0 saturated heterocycles. The highest BCUT2D eigenvalue weighted by atomic mass is 19.2. The minimum absolute atomic E-state index is 0.293. The molecular weight excluding hydrogens is 333 g/mol. The predicted octanol–water partition coefficient (Wildman–Crippen LogP) is 3.77. The van der Waals surface area contributed by atoms with Gasteiger partial charge in [0.2, 0.25) is 11.8 Å². The molecule has 3 rings (SSSR count). The smallest absolute Gasteiger partial charge is 0.240 e. The average molecular weight is 348 g/mol. The Kier molecular flexibility index (Phi) is 4.24. The highest BCUT2D eigenvalue weighted by molar-refractivity contribution is 6.16. The summed E-state index contributed by atoms with van der Waals surface area (Å²) in [7, 11) is 0.